The van der Waals surface area contributed by atoms with Crippen LogP contribution in [0.4, 0.5) is 5.69 Å². The number of likely N-dealkylation sites (tertiary alicyclic amines) is 1. The van der Waals surface area contributed by atoms with Crippen LogP contribution in [0.2, 0.25) is 0 Å². The summed E-state index contributed by atoms with van der Waals surface area (Å²) in [5.74, 6) is -0.152. The van der Waals surface area contributed by atoms with Crippen LogP contribution in [0, 0.1) is 6.92 Å². The molecule has 1 aromatic heterocycles. The molecule has 3 heterocycles. The van der Waals surface area contributed by atoms with E-state index in [4.69, 9.17) is 4.52 Å². The smallest absolute Gasteiger partial charge is 0.316 e. The number of carbonyl (C=O) groups is 1. The third kappa shape index (κ3) is 3.56. The molecule has 0 atom stereocenters. The summed E-state index contributed by atoms with van der Waals surface area (Å²) < 4.78 is 33.7. The number of hydrogen-bond donors (Lipinski definition) is 0. The van der Waals surface area contributed by atoms with Crippen LogP contribution in [-0.4, -0.2) is 49.0 Å². The average molecular weight is 453 g/mol. The van der Waals surface area contributed by atoms with E-state index in [0.29, 0.717) is 42.9 Å². The second kappa shape index (κ2) is 8.05. The molecule has 0 unspecified atom stereocenters. The van der Waals surface area contributed by atoms with Gasteiger partial charge in [-0.25, -0.2) is 8.42 Å². The molecule has 3 aromatic rings. The predicted octanol–water partition coefficient (Wildman–Crippen LogP) is 3.42. The summed E-state index contributed by atoms with van der Waals surface area (Å²) in [6.45, 7) is 3.53. The van der Waals surface area contributed by atoms with Gasteiger partial charge in [0, 0.05) is 25.2 Å². The van der Waals surface area contributed by atoms with Crippen molar-refractivity contribution in [2.24, 2.45) is 0 Å². The van der Waals surface area contributed by atoms with E-state index in [9.17, 15) is 13.2 Å². The van der Waals surface area contributed by atoms with Crippen molar-refractivity contribution in [2.45, 2.75) is 37.5 Å². The molecule has 0 bridgehead atoms. The van der Waals surface area contributed by atoms with Gasteiger partial charge in [0.1, 0.15) is 0 Å². The lowest BCUT2D eigenvalue weighted by molar-refractivity contribution is 0.0674. The van der Waals surface area contributed by atoms with E-state index < -0.39 is 10.0 Å². The van der Waals surface area contributed by atoms with E-state index in [2.05, 4.69) is 10.1 Å². The van der Waals surface area contributed by atoms with Crippen LogP contribution in [0.5, 0.6) is 0 Å². The molecule has 0 N–H and O–H groups in total. The molecule has 1 saturated heterocycles. The van der Waals surface area contributed by atoms with Gasteiger partial charge < -0.3 is 9.42 Å². The minimum Gasteiger partial charge on any atom is -0.334 e. The zero-order valence-corrected chi connectivity index (χ0v) is 18.6. The van der Waals surface area contributed by atoms with Gasteiger partial charge in [0.25, 0.3) is 10.0 Å². The summed E-state index contributed by atoms with van der Waals surface area (Å²) in [6, 6.07) is 12.6. The molecule has 166 valence electrons. The highest BCUT2D eigenvalue weighted by Gasteiger charge is 2.32. The van der Waals surface area contributed by atoms with Crippen molar-refractivity contribution < 1.29 is 17.7 Å². The molecule has 1 amide bonds. The number of aromatic nitrogens is 2. The minimum atomic E-state index is -3.77. The second-order valence-corrected chi connectivity index (χ2v) is 10.0. The third-order valence-corrected chi connectivity index (χ3v) is 8.07. The summed E-state index contributed by atoms with van der Waals surface area (Å²) in [7, 11) is -3.77. The molecule has 0 radical (unpaired) electrons. The first-order valence-electron chi connectivity index (χ1n) is 10.8. The van der Waals surface area contributed by atoms with Crippen LogP contribution in [0.1, 0.15) is 41.1 Å². The van der Waals surface area contributed by atoms with E-state index in [1.165, 1.54) is 4.31 Å². The number of carbonyl (C=O) groups excluding carboxylic acids is 1. The Labute approximate surface area is 186 Å². The SMILES string of the molecule is Cc1ccc(-c2noc(C(=O)N3CCCCC3)n2)cc1S(=O)(=O)N1CCc2ccccc21. The maximum absolute atomic E-state index is 13.5. The molecule has 5 rings (SSSR count). The second-order valence-electron chi connectivity index (χ2n) is 8.21. The van der Waals surface area contributed by atoms with Crippen molar-refractivity contribution in [1.29, 1.82) is 0 Å². The first kappa shape index (κ1) is 20.7. The van der Waals surface area contributed by atoms with Gasteiger partial charge in [-0.05, 0) is 55.9 Å². The number of hydrogen-bond acceptors (Lipinski definition) is 6. The van der Waals surface area contributed by atoms with Gasteiger partial charge in [0.15, 0.2) is 0 Å². The monoisotopic (exact) mass is 452 g/mol. The fourth-order valence-corrected chi connectivity index (χ4v) is 6.11. The van der Waals surface area contributed by atoms with Gasteiger partial charge in [-0.1, -0.05) is 35.5 Å². The molecular weight excluding hydrogens is 428 g/mol. The fraction of sp³-hybridized carbons (Fsp3) is 0.348. The highest BCUT2D eigenvalue weighted by atomic mass is 32.2. The number of sulfonamides is 1. The Morgan fingerprint density at radius 2 is 1.81 bits per heavy atom. The van der Waals surface area contributed by atoms with E-state index in [1.807, 2.05) is 24.3 Å². The average Bonchev–Trinajstić information content (AvgIpc) is 3.47. The number of nitrogens with zero attached hydrogens (tertiary/aromatic N) is 4. The Morgan fingerprint density at radius 1 is 1.03 bits per heavy atom. The third-order valence-electron chi connectivity index (χ3n) is 6.11. The topological polar surface area (TPSA) is 96.6 Å². The number of para-hydroxylation sites is 1. The number of rotatable bonds is 4. The zero-order chi connectivity index (χ0) is 22.3. The molecule has 2 aliphatic heterocycles. The Hall–Kier alpha value is -3.20. The van der Waals surface area contributed by atoms with E-state index in [-0.39, 0.29) is 22.5 Å². The number of piperidine rings is 1. The van der Waals surface area contributed by atoms with Crippen LogP contribution in [0.25, 0.3) is 11.4 Å². The van der Waals surface area contributed by atoms with Gasteiger partial charge in [-0.2, -0.15) is 4.98 Å². The highest BCUT2D eigenvalue weighted by molar-refractivity contribution is 7.93. The fourth-order valence-electron chi connectivity index (χ4n) is 4.35. The summed E-state index contributed by atoms with van der Waals surface area (Å²) in [4.78, 5) is 18.8. The first-order chi connectivity index (χ1) is 15.4. The lowest BCUT2D eigenvalue weighted by atomic mass is 10.1. The summed E-state index contributed by atoms with van der Waals surface area (Å²) in [6.07, 6.45) is 3.72. The number of benzene rings is 2. The van der Waals surface area contributed by atoms with Crippen LogP contribution in [0.15, 0.2) is 51.9 Å². The Kier molecular flexibility index (Phi) is 5.21. The standard InChI is InChI=1S/C23H24N4O4S/c1-16-9-10-18(21-24-22(31-25-21)23(28)26-12-5-2-6-13-26)15-20(16)32(29,30)27-14-11-17-7-3-4-8-19(17)27/h3-4,7-10,15H,2,5-6,11-14H2,1H3. The van der Waals surface area contributed by atoms with Crippen molar-refractivity contribution in [1.82, 2.24) is 15.0 Å². The molecule has 32 heavy (non-hydrogen) atoms. The number of amides is 1. The normalized spacial score (nSPS) is 16.3. The Bertz CT molecular complexity index is 1280. The Balaban J connectivity index is 1.46. The molecule has 0 saturated carbocycles. The van der Waals surface area contributed by atoms with Gasteiger partial charge in [-0.15, -0.1) is 0 Å². The van der Waals surface area contributed by atoms with Gasteiger partial charge in [0.2, 0.25) is 5.82 Å². The van der Waals surface area contributed by atoms with Crippen LogP contribution < -0.4 is 4.31 Å². The molecule has 0 spiro atoms. The van der Waals surface area contributed by atoms with Crippen LogP contribution >= 0.6 is 0 Å². The number of anilines is 1. The van der Waals surface area contributed by atoms with Crippen molar-refractivity contribution in [3.8, 4) is 11.4 Å². The first-order valence-corrected chi connectivity index (χ1v) is 12.2. The van der Waals surface area contributed by atoms with Crippen molar-refractivity contribution >= 4 is 21.6 Å². The molecule has 2 aromatic carbocycles. The lowest BCUT2D eigenvalue weighted by Crippen LogP contribution is -2.35. The zero-order valence-electron chi connectivity index (χ0n) is 17.8. The number of aryl methyl sites for hydroxylation is 1. The Morgan fingerprint density at radius 3 is 2.62 bits per heavy atom. The van der Waals surface area contributed by atoms with Gasteiger partial charge in [-0.3, -0.25) is 9.10 Å². The van der Waals surface area contributed by atoms with Crippen LogP contribution in [0.3, 0.4) is 0 Å². The molecule has 1 fully saturated rings. The quantitative estimate of drug-likeness (QED) is 0.602. The van der Waals surface area contributed by atoms with Crippen molar-refractivity contribution in [3.05, 3.63) is 59.5 Å². The molecular formula is C23H24N4O4S. The predicted molar refractivity (Wildman–Crippen MR) is 119 cm³/mol. The summed E-state index contributed by atoms with van der Waals surface area (Å²) in [5, 5.41) is 3.95. The minimum absolute atomic E-state index is 0.0691. The maximum atomic E-state index is 13.5. The molecule has 0 aliphatic carbocycles. The van der Waals surface area contributed by atoms with Gasteiger partial charge >= 0.3 is 11.8 Å². The number of fused-ring (bicyclic) bond motifs is 1. The van der Waals surface area contributed by atoms with Crippen molar-refractivity contribution in [2.75, 3.05) is 23.9 Å². The molecule has 9 heteroatoms. The van der Waals surface area contributed by atoms with E-state index in [0.717, 1.165) is 24.8 Å². The van der Waals surface area contributed by atoms with E-state index >= 15 is 0 Å². The highest BCUT2D eigenvalue weighted by Crippen LogP contribution is 2.34. The maximum Gasteiger partial charge on any atom is 0.316 e. The molecule has 2 aliphatic rings. The van der Waals surface area contributed by atoms with Crippen molar-refractivity contribution in [3.63, 3.8) is 0 Å². The summed E-state index contributed by atoms with van der Waals surface area (Å²) in [5.41, 5.74) is 2.85. The van der Waals surface area contributed by atoms with Crippen LogP contribution in [-0.2, 0) is 16.4 Å². The van der Waals surface area contributed by atoms with Gasteiger partial charge in [0.05, 0.1) is 10.6 Å². The van der Waals surface area contributed by atoms with E-state index in [1.54, 1.807) is 30.0 Å². The largest absolute Gasteiger partial charge is 0.334 e. The summed E-state index contributed by atoms with van der Waals surface area (Å²) >= 11 is 0. The molecule has 8 nitrogen and oxygen atoms in total. The lowest BCUT2D eigenvalue weighted by Gasteiger charge is -2.24.